The second kappa shape index (κ2) is 4.96. The van der Waals surface area contributed by atoms with Gasteiger partial charge in [0.2, 0.25) is 0 Å². The van der Waals surface area contributed by atoms with Crippen molar-refractivity contribution in [2.75, 3.05) is 13.7 Å². The second-order valence-corrected chi connectivity index (χ2v) is 4.61. The van der Waals surface area contributed by atoms with Crippen LogP contribution in [0.25, 0.3) is 0 Å². The van der Waals surface area contributed by atoms with Gasteiger partial charge in [0, 0.05) is 26.4 Å². The van der Waals surface area contributed by atoms with Crippen molar-refractivity contribution in [1.29, 1.82) is 0 Å². The van der Waals surface area contributed by atoms with Crippen molar-refractivity contribution in [3.8, 4) is 0 Å². The number of furan rings is 1. The molecule has 2 aromatic rings. The molecule has 0 radical (unpaired) electrons. The molecule has 0 spiro atoms. The fourth-order valence-electron chi connectivity index (χ4n) is 2.38. The predicted octanol–water partition coefficient (Wildman–Crippen LogP) is 1.51. The number of aromatic nitrogens is 2. The van der Waals surface area contributed by atoms with Gasteiger partial charge >= 0.3 is 0 Å². The van der Waals surface area contributed by atoms with Crippen molar-refractivity contribution in [3.63, 3.8) is 0 Å². The molecule has 1 aliphatic rings. The molecule has 3 rings (SSSR count). The summed E-state index contributed by atoms with van der Waals surface area (Å²) in [4.78, 5) is 2.33. The van der Waals surface area contributed by atoms with Gasteiger partial charge in [-0.05, 0) is 18.2 Å². The second-order valence-electron chi connectivity index (χ2n) is 4.61. The molecule has 0 aliphatic carbocycles. The zero-order chi connectivity index (χ0) is 12.4. The maximum Gasteiger partial charge on any atom is 0.117 e. The maximum absolute atomic E-state index is 5.51. The van der Waals surface area contributed by atoms with Crippen molar-refractivity contribution in [1.82, 2.24) is 14.7 Å². The number of nitrogens with zero attached hydrogens (tertiary/aromatic N) is 3. The molecule has 18 heavy (non-hydrogen) atoms. The summed E-state index contributed by atoms with van der Waals surface area (Å²) < 4.78 is 12.9. The van der Waals surface area contributed by atoms with Crippen LogP contribution in [0.15, 0.2) is 35.1 Å². The summed E-state index contributed by atoms with van der Waals surface area (Å²) in [6.45, 7) is 3.38. The smallest absolute Gasteiger partial charge is 0.117 e. The number of hydrogen-bond acceptors (Lipinski definition) is 4. The SMILES string of the molecule is CO[C@H]1CN(Cc2ccco2)Cc2ccnn2C1. The molecule has 0 aromatic carbocycles. The van der Waals surface area contributed by atoms with Crippen LogP contribution in [-0.2, 0) is 24.4 Å². The number of rotatable bonds is 3. The highest BCUT2D eigenvalue weighted by atomic mass is 16.5. The van der Waals surface area contributed by atoms with E-state index in [2.05, 4.69) is 16.1 Å². The van der Waals surface area contributed by atoms with Crippen LogP contribution in [-0.4, -0.2) is 34.4 Å². The van der Waals surface area contributed by atoms with E-state index >= 15 is 0 Å². The number of fused-ring (bicyclic) bond motifs is 1. The van der Waals surface area contributed by atoms with Crippen molar-refractivity contribution in [3.05, 3.63) is 42.1 Å². The van der Waals surface area contributed by atoms with Gasteiger partial charge < -0.3 is 9.15 Å². The van der Waals surface area contributed by atoms with Gasteiger partial charge in [0.25, 0.3) is 0 Å². The van der Waals surface area contributed by atoms with Crippen LogP contribution in [0.5, 0.6) is 0 Å². The van der Waals surface area contributed by atoms with E-state index < -0.39 is 0 Å². The van der Waals surface area contributed by atoms with Crippen molar-refractivity contribution >= 4 is 0 Å². The normalized spacial score (nSPS) is 20.6. The minimum absolute atomic E-state index is 0.168. The monoisotopic (exact) mass is 247 g/mol. The van der Waals surface area contributed by atoms with Crippen molar-refractivity contribution in [2.45, 2.75) is 25.7 Å². The zero-order valence-electron chi connectivity index (χ0n) is 10.5. The van der Waals surface area contributed by atoms with E-state index in [0.717, 1.165) is 31.9 Å². The molecule has 0 N–H and O–H groups in total. The van der Waals surface area contributed by atoms with E-state index in [1.807, 2.05) is 23.0 Å². The molecular weight excluding hydrogens is 230 g/mol. The molecule has 96 valence electrons. The van der Waals surface area contributed by atoms with Gasteiger partial charge in [0.15, 0.2) is 0 Å². The highest BCUT2D eigenvalue weighted by Crippen LogP contribution is 2.16. The lowest BCUT2D eigenvalue weighted by Gasteiger charge is -2.21. The molecule has 5 heteroatoms. The third kappa shape index (κ3) is 2.32. The lowest BCUT2D eigenvalue weighted by atomic mass is 10.3. The molecule has 1 atom stereocenters. The number of methoxy groups -OCH3 is 1. The third-order valence-corrected chi connectivity index (χ3v) is 3.32. The van der Waals surface area contributed by atoms with Crippen LogP contribution < -0.4 is 0 Å². The Morgan fingerprint density at radius 2 is 2.39 bits per heavy atom. The molecule has 0 bridgehead atoms. The fourth-order valence-corrected chi connectivity index (χ4v) is 2.38. The van der Waals surface area contributed by atoms with Gasteiger partial charge in [-0.15, -0.1) is 0 Å². The largest absolute Gasteiger partial charge is 0.468 e. The molecule has 0 fully saturated rings. The average molecular weight is 247 g/mol. The quantitative estimate of drug-likeness (QED) is 0.824. The summed E-state index contributed by atoms with van der Waals surface area (Å²) in [5.74, 6) is 0.984. The Morgan fingerprint density at radius 3 is 3.17 bits per heavy atom. The van der Waals surface area contributed by atoms with Gasteiger partial charge in [0.05, 0.1) is 31.2 Å². The summed E-state index contributed by atoms with van der Waals surface area (Å²) in [6, 6.07) is 5.99. The third-order valence-electron chi connectivity index (χ3n) is 3.32. The van der Waals surface area contributed by atoms with Crippen LogP contribution in [0.3, 0.4) is 0 Å². The minimum Gasteiger partial charge on any atom is -0.468 e. The number of ether oxygens (including phenoxy) is 1. The molecule has 0 amide bonds. The summed E-state index contributed by atoms with van der Waals surface area (Å²) in [6.07, 6.45) is 3.73. The van der Waals surface area contributed by atoms with Gasteiger partial charge in [-0.3, -0.25) is 9.58 Å². The number of hydrogen-bond donors (Lipinski definition) is 0. The Labute approximate surface area is 106 Å². The lowest BCUT2D eigenvalue weighted by Crippen LogP contribution is -2.31. The Hall–Kier alpha value is -1.59. The van der Waals surface area contributed by atoms with Gasteiger partial charge in [0.1, 0.15) is 5.76 Å². The van der Waals surface area contributed by atoms with Gasteiger partial charge in [-0.2, -0.15) is 5.10 Å². The van der Waals surface area contributed by atoms with Crippen LogP contribution >= 0.6 is 0 Å². The Bertz CT molecular complexity index is 492. The molecule has 3 heterocycles. The van der Waals surface area contributed by atoms with Crippen LogP contribution in [0.4, 0.5) is 0 Å². The Morgan fingerprint density at radius 1 is 1.44 bits per heavy atom. The van der Waals surface area contributed by atoms with E-state index in [9.17, 15) is 0 Å². The van der Waals surface area contributed by atoms with Crippen LogP contribution in [0.1, 0.15) is 11.5 Å². The summed E-state index contributed by atoms with van der Waals surface area (Å²) >= 11 is 0. The van der Waals surface area contributed by atoms with Crippen LogP contribution in [0.2, 0.25) is 0 Å². The predicted molar refractivity (Wildman–Crippen MR) is 65.8 cm³/mol. The summed E-state index contributed by atoms with van der Waals surface area (Å²) in [5.41, 5.74) is 1.22. The first-order chi connectivity index (χ1) is 8.85. The fraction of sp³-hybridized carbons (Fsp3) is 0.462. The summed E-state index contributed by atoms with van der Waals surface area (Å²) in [5, 5.41) is 4.33. The Kier molecular flexibility index (Phi) is 3.17. The highest BCUT2D eigenvalue weighted by Gasteiger charge is 2.22. The molecule has 0 unspecified atom stereocenters. The minimum atomic E-state index is 0.168. The van der Waals surface area contributed by atoms with Crippen molar-refractivity contribution < 1.29 is 9.15 Å². The molecule has 0 saturated heterocycles. The topological polar surface area (TPSA) is 43.4 Å². The standard InChI is InChI=1S/C13H17N3O2/c1-17-13-9-15(8-12-3-2-6-18-12)7-11-4-5-14-16(11)10-13/h2-6,13H,7-10H2,1H3/t13-/m0/s1. The zero-order valence-corrected chi connectivity index (χ0v) is 10.5. The van der Waals surface area contributed by atoms with Crippen molar-refractivity contribution in [2.24, 2.45) is 0 Å². The molecule has 0 saturated carbocycles. The maximum atomic E-state index is 5.51. The first kappa shape index (κ1) is 11.5. The molecule has 1 aliphatic heterocycles. The first-order valence-corrected chi connectivity index (χ1v) is 6.13. The van der Waals surface area contributed by atoms with E-state index in [4.69, 9.17) is 9.15 Å². The highest BCUT2D eigenvalue weighted by molar-refractivity contribution is 5.04. The average Bonchev–Trinajstić information content (AvgIpc) is 2.98. The van der Waals surface area contributed by atoms with Gasteiger partial charge in [-0.1, -0.05) is 0 Å². The van der Waals surface area contributed by atoms with E-state index in [1.165, 1.54) is 5.69 Å². The lowest BCUT2D eigenvalue weighted by molar-refractivity contribution is 0.0529. The van der Waals surface area contributed by atoms with E-state index in [-0.39, 0.29) is 6.10 Å². The van der Waals surface area contributed by atoms with Gasteiger partial charge in [-0.25, -0.2) is 0 Å². The molecule has 2 aromatic heterocycles. The molecular formula is C13H17N3O2. The first-order valence-electron chi connectivity index (χ1n) is 6.13. The van der Waals surface area contributed by atoms with E-state index in [0.29, 0.717) is 0 Å². The Balaban J connectivity index is 1.78. The molecule has 5 nitrogen and oxygen atoms in total. The van der Waals surface area contributed by atoms with E-state index in [1.54, 1.807) is 13.4 Å². The summed E-state index contributed by atoms with van der Waals surface area (Å²) in [7, 11) is 1.75. The van der Waals surface area contributed by atoms with Crippen LogP contribution in [0, 0.1) is 0 Å².